The maximum Gasteiger partial charge on any atom is 0.0495 e. The number of nitrogens with zero attached hydrogens (tertiary/aromatic N) is 1. The quantitative estimate of drug-likeness (QED) is 0.776. The third-order valence-corrected chi connectivity index (χ3v) is 4.40. The maximum absolute atomic E-state index is 4.70. The standard InChI is InChI=1S/C13H17NS2/c1-8(2)14-10-7-12(15-4)13(10)11-6-5-9(3)16-11/h5-6,8H,7H2,1-4H3. The van der Waals surface area contributed by atoms with Gasteiger partial charge in [-0.2, -0.15) is 0 Å². The van der Waals surface area contributed by atoms with E-state index in [1.165, 1.54) is 25.9 Å². The first kappa shape index (κ1) is 11.9. The number of hydrogen-bond acceptors (Lipinski definition) is 3. The molecule has 0 bridgehead atoms. The fourth-order valence-corrected chi connectivity index (χ4v) is 3.57. The van der Waals surface area contributed by atoms with E-state index in [-0.39, 0.29) is 0 Å². The molecule has 0 fully saturated rings. The lowest BCUT2D eigenvalue weighted by atomic mass is 9.93. The lowest BCUT2D eigenvalue weighted by Gasteiger charge is -2.25. The van der Waals surface area contributed by atoms with E-state index in [0.717, 1.165) is 6.42 Å². The molecule has 3 heteroatoms. The van der Waals surface area contributed by atoms with Gasteiger partial charge in [-0.3, -0.25) is 4.99 Å². The number of thiophene rings is 1. The summed E-state index contributed by atoms with van der Waals surface area (Å²) in [6.07, 6.45) is 3.22. The molecule has 0 aromatic carbocycles. The zero-order chi connectivity index (χ0) is 11.7. The Kier molecular flexibility index (Phi) is 3.55. The van der Waals surface area contributed by atoms with E-state index >= 15 is 0 Å². The van der Waals surface area contributed by atoms with E-state index < -0.39 is 0 Å². The van der Waals surface area contributed by atoms with Crippen molar-refractivity contribution in [1.82, 2.24) is 0 Å². The van der Waals surface area contributed by atoms with Crippen molar-refractivity contribution in [2.75, 3.05) is 6.26 Å². The molecule has 0 atom stereocenters. The lowest BCUT2D eigenvalue weighted by molar-refractivity contribution is 0.832. The fourth-order valence-electron chi connectivity index (χ4n) is 1.83. The number of allylic oxidation sites excluding steroid dienone is 2. The largest absolute Gasteiger partial charge is 0.286 e. The Labute approximate surface area is 106 Å². The second-order valence-electron chi connectivity index (χ2n) is 4.26. The van der Waals surface area contributed by atoms with Gasteiger partial charge < -0.3 is 0 Å². The van der Waals surface area contributed by atoms with Gasteiger partial charge in [0.1, 0.15) is 0 Å². The first-order chi connectivity index (χ1) is 7.61. The minimum atomic E-state index is 0.398. The minimum Gasteiger partial charge on any atom is -0.286 e. The van der Waals surface area contributed by atoms with Crippen molar-refractivity contribution < 1.29 is 0 Å². The van der Waals surface area contributed by atoms with Crippen LogP contribution in [0.2, 0.25) is 0 Å². The fraction of sp³-hybridized carbons (Fsp3) is 0.462. The molecule has 0 unspecified atom stereocenters. The van der Waals surface area contributed by atoms with Crippen LogP contribution in [-0.4, -0.2) is 18.0 Å². The molecular weight excluding hydrogens is 234 g/mol. The number of hydrogen-bond donors (Lipinski definition) is 0. The van der Waals surface area contributed by atoms with Crippen molar-refractivity contribution in [3.05, 3.63) is 26.8 Å². The van der Waals surface area contributed by atoms with Crippen LogP contribution in [0.1, 0.15) is 30.0 Å². The van der Waals surface area contributed by atoms with Gasteiger partial charge in [-0.05, 0) is 39.2 Å². The van der Waals surface area contributed by atoms with Gasteiger partial charge >= 0.3 is 0 Å². The number of aryl methyl sites for hydroxylation is 1. The minimum absolute atomic E-state index is 0.398. The summed E-state index contributed by atoms with van der Waals surface area (Å²) < 4.78 is 0. The van der Waals surface area contributed by atoms with Crippen LogP contribution in [0.5, 0.6) is 0 Å². The molecule has 0 N–H and O–H groups in total. The summed E-state index contributed by atoms with van der Waals surface area (Å²) in [7, 11) is 0. The van der Waals surface area contributed by atoms with Gasteiger partial charge in [0.15, 0.2) is 0 Å². The van der Waals surface area contributed by atoms with Gasteiger partial charge in [-0.25, -0.2) is 0 Å². The Morgan fingerprint density at radius 1 is 1.38 bits per heavy atom. The van der Waals surface area contributed by atoms with Crippen molar-refractivity contribution in [2.24, 2.45) is 4.99 Å². The van der Waals surface area contributed by atoms with Crippen LogP contribution in [0.4, 0.5) is 0 Å². The van der Waals surface area contributed by atoms with Crippen molar-refractivity contribution in [1.29, 1.82) is 0 Å². The summed E-state index contributed by atoms with van der Waals surface area (Å²) in [5.41, 5.74) is 2.69. The Bertz CT molecular complexity index is 452. The number of aliphatic imine (C=N–C) groups is 1. The average Bonchev–Trinajstić information content (AvgIpc) is 2.58. The predicted octanol–water partition coefficient (Wildman–Crippen LogP) is 4.38. The molecule has 1 aliphatic carbocycles. The molecule has 0 saturated heterocycles. The maximum atomic E-state index is 4.70. The molecule has 0 radical (unpaired) electrons. The normalized spacial score (nSPS) is 18.4. The van der Waals surface area contributed by atoms with E-state index in [1.54, 1.807) is 0 Å². The van der Waals surface area contributed by atoms with Crippen molar-refractivity contribution >= 4 is 34.4 Å². The highest BCUT2D eigenvalue weighted by atomic mass is 32.2. The molecule has 86 valence electrons. The van der Waals surface area contributed by atoms with E-state index in [4.69, 9.17) is 4.99 Å². The van der Waals surface area contributed by atoms with Crippen molar-refractivity contribution in [3.63, 3.8) is 0 Å². The highest BCUT2D eigenvalue weighted by Crippen LogP contribution is 2.42. The Balaban J connectivity index is 2.36. The van der Waals surface area contributed by atoms with Crippen LogP contribution in [-0.2, 0) is 0 Å². The Morgan fingerprint density at radius 3 is 2.62 bits per heavy atom. The SMILES string of the molecule is CSC1=C(c2ccc(C)s2)C(=NC(C)C)C1. The van der Waals surface area contributed by atoms with E-state index in [2.05, 4.69) is 39.2 Å². The molecule has 1 aromatic rings. The monoisotopic (exact) mass is 251 g/mol. The second kappa shape index (κ2) is 4.76. The van der Waals surface area contributed by atoms with E-state index in [0.29, 0.717) is 6.04 Å². The molecule has 2 rings (SSSR count). The third-order valence-electron chi connectivity index (χ3n) is 2.54. The van der Waals surface area contributed by atoms with Crippen LogP contribution in [0, 0.1) is 6.92 Å². The zero-order valence-electron chi connectivity index (χ0n) is 10.2. The molecular formula is C13H17NS2. The molecule has 1 aromatic heterocycles. The predicted molar refractivity (Wildman–Crippen MR) is 76.7 cm³/mol. The van der Waals surface area contributed by atoms with Gasteiger partial charge in [-0.1, -0.05) is 0 Å². The van der Waals surface area contributed by atoms with Crippen LogP contribution in [0.25, 0.3) is 5.57 Å². The molecule has 0 amide bonds. The van der Waals surface area contributed by atoms with Crippen LogP contribution in [0.3, 0.4) is 0 Å². The summed E-state index contributed by atoms with van der Waals surface area (Å²) in [6, 6.07) is 4.81. The molecule has 16 heavy (non-hydrogen) atoms. The average molecular weight is 251 g/mol. The second-order valence-corrected chi connectivity index (χ2v) is 6.45. The van der Waals surface area contributed by atoms with Crippen LogP contribution in [0.15, 0.2) is 22.0 Å². The van der Waals surface area contributed by atoms with Gasteiger partial charge in [-0.15, -0.1) is 23.1 Å². The molecule has 1 nitrogen and oxygen atoms in total. The lowest BCUT2D eigenvalue weighted by Crippen LogP contribution is -2.16. The van der Waals surface area contributed by atoms with E-state index in [1.807, 2.05) is 23.1 Å². The highest BCUT2D eigenvalue weighted by molar-refractivity contribution is 8.02. The molecule has 0 spiro atoms. The summed E-state index contributed by atoms with van der Waals surface area (Å²) in [5, 5.41) is 0. The molecule has 0 saturated carbocycles. The van der Waals surface area contributed by atoms with Gasteiger partial charge in [0.25, 0.3) is 0 Å². The van der Waals surface area contributed by atoms with Gasteiger partial charge in [0.05, 0.1) is 0 Å². The number of thioether (sulfide) groups is 1. The van der Waals surface area contributed by atoms with Gasteiger partial charge in [0, 0.05) is 38.4 Å². The zero-order valence-corrected chi connectivity index (χ0v) is 11.8. The first-order valence-electron chi connectivity index (χ1n) is 5.52. The summed E-state index contributed by atoms with van der Waals surface area (Å²) in [4.78, 5) is 8.94. The van der Waals surface area contributed by atoms with Crippen LogP contribution < -0.4 is 0 Å². The topological polar surface area (TPSA) is 12.4 Å². The summed E-state index contributed by atoms with van der Waals surface area (Å²) in [5.74, 6) is 0. The highest BCUT2D eigenvalue weighted by Gasteiger charge is 2.26. The Hall–Kier alpha value is -0.540. The summed E-state index contributed by atoms with van der Waals surface area (Å²) in [6.45, 7) is 6.44. The van der Waals surface area contributed by atoms with Crippen molar-refractivity contribution in [3.8, 4) is 0 Å². The third kappa shape index (κ3) is 2.25. The summed E-state index contributed by atoms with van der Waals surface area (Å²) >= 11 is 3.73. The smallest absolute Gasteiger partial charge is 0.0495 e. The molecule has 0 aliphatic heterocycles. The van der Waals surface area contributed by atoms with Crippen LogP contribution >= 0.6 is 23.1 Å². The van der Waals surface area contributed by atoms with Crippen molar-refractivity contribution in [2.45, 2.75) is 33.2 Å². The molecule has 1 aliphatic rings. The number of rotatable bonds is 3. The van der Waals surface area contributed by atoms with E-state index in [9.17, 15) is 0 Å². The first-order valence-corrected chi connectivity index (χ1v) is 7.57. The Morgan fingerprint density at radius 2 is 2.12 bits per heavy atom. The molecule has 1 heterocycles. The van der Waals surface area contributed by atoms with Gasteiger partial charge in [0.2, 0.25) is 0 Å².